The molecule has 0 saturated carbocycles. The first-order valence-corrected chi connectivity index (χ1v) is 8.94. The highest BCUT2D eigenvalue weighted by molar-refractivity contribution is 5.94. The molecule has 1 N–H and O–H groups in total. The molecule has 136 valence electrons. The van der Waals surface area contributed by atoms with Gasteiger partial charge in [0.15, 0.2) is 5.43 Å². The molecule has 0 unspecified atom stereocenters. The summed E-state index contributed by atoms with van der Waals surface area (Å²) in [4.78, 5) is 25.4. The molecule has 5 heteroatoms. The van der Waals surface area contributed by atoms with Crippen molar-refractivity contribution < 1.29 is 4.79 Å². The number of para-hydroxylation sites is 2. The van der Waals surface area contributed by atoms with Gasteiger partial charge in [0.1, 0.15) is 6.54 Å². The molecule has 0 bridgehead atoms. The number of aryl methyl sites for hydroxylation is 1. The summed E-state index contributed by atoms with van der Waals surface area (Å²) < 4.78 is 3.97. The minimum Gasteiger partial charge on any atom is -0.350 e. The fraction of sp³-hybridized carbons (Fsp3) is 0.182. The zero-order valence-electron chi connectivity index (χ0n) is 15.4. The van der Waals surface area contributed by atoms with Crippen molar-refractivity contribution in [2.75, 3.05) is 0 Å². The summed E-state index contributed by atoms with van der Waals surface area (Å²) in [5, 5.41) is 4.24. The molecule has 2 aromatic carbocycles. The number of amides is 1. The molecule has 1 amide bonds. The maximum absolute atomic E-state index is 12.8. The number of carbonyl (C=O) groups excluding carboxylic acids is 1. The van der Waals surface area contributed by atoms with E-state index in [-0.39, 0.29) is 17.9 Å². The van der Waals surface area contributed by atoms with Gasteiger partial charge in [-0.3, -0.25) is 9.59 Å². The Bertz CT molecular complexity index is 1160. The van der Waals surface area contributed by atoms with Gasteiger partial charge in [0.05, 0.1) is 17.6 Å². The monoisotopic (exact) mass is 359 g/mol. The Hall–Kier alpha value is -3.34. The number of carbonyl (C=O) groups is 1. The first-order chi connectivity index (χ1) is 13.1. The largest absolute Gasteiger partial charge is 0.350 e. The van der Waals surface area contributed by atoms with E-state index in [2.05, 4.69) is 9.88 Å². The van der Waals surface area contributed by atoms with Crippen molar-refractivity contribution in [1.82, 2.24) is 14.5 Å². The average molecular weight is 359 g/mol. The van der Waals surface area contributed by atoms with Crippen LogP contribution in [0.4, 0.5) is 0 Å². The third-order valence-corrected chi connectivity index (χ3v) is 5.12. The van der Waals surface area contributed by atoms with Crippen LogP contribution in [0, 0.1) is 6.92 Å². The van der Waals surface area contributed by atoms with Gasteiger partial charge < -0.3 is 14.5 Å². The van der Waals surface area contributed by atoms with E-state index in [9.17, 15) is 9.59 Å². The van der Waals surface area contributed by atoms with Crippen molar-refractivity contribution in [3.63, 3.8) is 0 Å². The second kappa shape index (κ2) is 6.76. The Balaban J connectivity index is 1.70. The molecule has 0 spiro atoms. The van der Waals surface area contributed by atoms with Crippen LogP contribution in [-0.2, 0) is 24.9 Å². The molecule has 0 aliphatic rings. The standard InChI is InChI=1S/C22H21N3O2/c1-15-11-12-16(24(15)2)13-23-21(26)14-25-19-9-5-3-7-17(19)22(27)18-8-4-6-10-20(18)25/h3-12H,13-14H2,1-2H3,(H,23,26). The lowest BCUT2D eigenvalue weighted by molar-refractivity contribution is -0.121. The summed E-state index contributed by atoms with van der Waals surface area (Å²) in [5.74, 6) is -0.0900. The molecule has 5 nitrogen and oxygen atoms in total. The second-order valence-corrected chi connectivity index (χ2v) is 6.75. The third-order valence-electron chi connectivity index (χ3n) is 5.12. The van der Waals surface area contributed by atoms with E-state index < -0.39 is 0 Å². The van der Waals surface area contributed by atoms with E-state index in [1.807, 2.05) is 79.2 Å². The highest BCUT2D eigenvalue weighted by atomic mass is 16.2. The average Bonchev–Trinajstić information content (AvgIpc) is 3.01. The summed E-state index contributed by atoms with van der Waals surface area (Å²) in [6, 6.07) is 18.9. The quantitative estimate of drug-likeness (QED) is 0.569. The summed E-state index contributed by atoms with van der Waals surface area (Å²) in [7, 11) is 1.99. The molecule has 0 saturated heterocycles. The second-order valence-electron chi connectivity index (χ2n) is 6.75. The SMILES string of the molecule is Cc1ccc(CNC(=O)Cn2c3ccccc3c(=O)c3ccccc32)n1C. The Morgan fingerprint density at radius 2 is 1.52 bits per heavy atom. The van der Waals surface area contributed by atoms with Crippen LogP contribution in [0.3, 0.4) is 0 Å². The minimum atomic E-state index is -0.0900. The number of aromatic nitrogens is 2. The summed E-state index contributed by atoms with van der Waals surface area (Å²) in [5.41, 5.74) is 3.74. The molecular weight excluding hydrogens is 338 g/mol. The van der Waals surface area contributed by atoms with Gasteiger partial charge in [-0.2, -0.15) is 0 Å². The zero-order chi connectivity index (χ0) is 19.0. The van der Waals surface area contributed by atoms with E-state index in [4.69, 9.17) is 0 Å². The Morgan fingerprint density at radius 3 is 2.07 bits per heavy atom. The number of pyridine rings is 1. The van der Waals surface area contributed by atoms with Crippen LogP contribution in [-0.4, -0.2) is 15.0 Å². The molecule has 4 rings (SSSR count). The third kappa shape index (κ3) is 3.01. The normalized spacial score (nSPS) is 11.2. The van der Waals surface area contributed by atoms with Gasteiger partial charge in [-0.05, 0) is 43.3 Å². The van der Waals surface area contributed by atoms with Crippen LogP contribution < -0.4 is 10.7 Å². The fourth-order valence-corrected chi connectivity index (χ4v) is 3.48. The van der Waals surface area contributed by atoms with Crippen LogP contribution in [0.2, 0.25) is 0 Å². The molecular formula is C22H21N3O2. The predicted octanol–water partition coefficient (Wildman–Crippen LogP) is 3.12. The Labute approximate surface area is 156 Å². The van der Waals surface area contributed by atoms with Crippen molar-refractivity contribution in [2.24, 2.45) is 7.05 Å². The van der Waals surface area contributed by atoms with Crippen LogP contribution in [0.5, 0.6) is 0 Å². The summed E-state index contributed by atoms with van der Waals surface area (Å²) in [6.45, 7) is 2.66. The van der Waals surface area contributed by atoms with Gasteiger partial charge in [-0.15, -0.1) is 0 Å². The number of nitrogens with zero attached hydrogens (tertiary/aromatic N) is 2. The van der Waals surface area contributed by atoms with Gasteiger partial charge in [-0.25, -0.2) is 0 Å². The van der Waals surface area contributed by atoms with E-state index in [0.717, 1.165) is 22.4 Å². The van der Waals surface area contributed by atoms with E-state index in [1.54, 1.807) is 0 Å². The number of nitrogens with one attached hydrogen (secondary N) is 1. The van der Waals surface area contributed by atoms with Crippen molar-refractivity contribution in [3.8, 4) is 0 Å². The van der Waals surface area contributed by atoms with E-state index in [1.165, 1.54) is 0 Å². The van der Waals surface area contributed by atoms with E-state index >= 15 is 0 Å². The number of hydrogen-bond donors (Lipinski definition) is 1. The predicted molar refractivity (Wildman–Crippen MR) is 108 cm³/mol. The number of rotatable bonds is 4. The lowest BCUT2D eigenvalue weighted by Gasteiger charge is -2.15. The highest BCUT2D eigenvalue weighted by Crippen LogP contribution is 2.19. The van der Waals surface area contributed by atoms with Gasteiger partial charge >= 0.3 is 0 Å². The van der Waals surface area contributed by atoms with Crippen molar-refractivity contribution in [3.05, 3.63) is 82.3 Å². The minimum absolute atomic E-state index is 0.00264. The molecule has 0 radical (unpaired) electrons. The number of hydrogen-bond acceptors (Lipinski definition) is 2. The Morgan fingerprint density at radius 1 is 0.926 bits per heavy atom. The summed E-state index contributed by atoms with van der Waals surface area (Å²) in [6.07, 6.45) is 0. The van der Waals surface area contributed by atoms with Crippen LogP contribution in [0.15, 0.2) is 65.5 Å². The van der Waals surface area contributed by atoms with Crippen LogP contribution in [0.1, 0.15) is 11.4 Å². The van der Waals surface area contributed by atoms with Crippen molar-refractivity contribution in [1.29, 1.82) is 0 Å². The van der Waals surface area contributed by atoms with Crippen molar-refractivity contribution in [2.45, 2.75) is 20.0 Å². The molecule has 0 atom stereocenters. The van der Waals surface area contributed by atoms with Gasteiger partial charge in [-0.1, -0.05) is 24.3 Å². The Kier molecular flexibility index (Phi) is 4.28. The molecule has 27 heavy (non-hydrogen) atoms. The topological polar surface area (TPSA) is 56.0 Å². The maximum atomic E-state index is 12.8. The summed E-state index contributed by atoms with van der Waals surface area (Å²) >= 11 is 0. The lowest BCUT2D eigenvalue weighted by Crippen LogP contribution is -2.28. The maximum Gasteiger partial charge on any atom is 0.240 e. The molecule has 0 fully saturated rings. The fourth-order valence-electron chi connectivity index (χ4n) is 3.48. The molecule has 0 aliphatic carbocycles. The molecule has 0 aliphatic heterocycles. The molecule has 2 aromatic heterocycles. The smallest absolute Gasteiger partial charge is 0.240 e. The highest BCUT2D eigenvalue weighted by Gasteiger charge is 2.13. The van der Waals surface area contributed by atoms with E-state index in [0.29, 0.717) is 17.3 Å². The zero-order valence-corrected chi connectivity index (χ0v) is 15.4. The molecule has 2 heterocycles. The van der Waals surface area contributed by atoms with Gasteiger partial charge in [0.25, 0.3) is 0 Å². The first-order valence-electron chi connectivity index (χ1n) is 8.94. The molecule has 4 aromatic rings. The first kappa shape index (κ1) is 17.1. The van der Waals surface area contributed by atoms with Gasteiger partial charge in [0, 0.05) is 29.2 Å². The van der Waals surface area contributed by atoms with Crippen LogP contribution >= 0.6 is 0 Å². The lowest BCUT2D eigenvalue weighted by atomic mass is 10.1. The van der Waals surface area contributed by atoms with Crippen LogP contribution in [0.25, 0.3) is 21.8 Å². The van der Waals surface area contributed by atoms with Crippen molar-refractivity contribution >= 4 is 27.7 Å². The number of benzene rings is 2. The van der Waals surface area contributed by atoms with Gasteiger partial charge in [0.2, 0.25) is 5.91 Å². The number of fused-ring (bicyclic) bond motifs is 2.